The number of ketones is 1. The molecule has 1 aliphatic rings. The fourth-order valence-corrected chi connectivity index (χ4v) is 3.48. The molecule has 1 aliphatic heterocycles. The monoisotopic (exact) mass is 475 g/mol. The summed E-state index contributed by atoms with van der Waals surface area (Å²) >= 11 is 0. The van der Waals surface area contributed by atoms with Crippen LogP contribution in [0.25, 0.3) is 0 Å². The summed E-state index contributed by atoms with van der Waals surface area (Å²) < 4.78 is 5.27. The van der Waals surface area contributed by atoms with Crippen molar-refractivity contribution in [3.05, 3.63) is 35.9 Å². The molecule has 3 N–H and O–H groups in total. The van der Waals surface area contributed by atoms with Crippen LogP contribution in [-0.2, 0) is 25.5 Å². The van der Waals surface area contributed by atoms with Gasteiger partial charge in [-0.2, -0.15) is 0 Å². The van der Waals surface area contributed by atoms with E-state index in [1.807, 2.05) is 63.2 Å². The first kappa shape index (κ1) is 27.3. The third kappa shape index (κ3) is 8.75. The number of nitrogens with one attached hydrogen (secondary N) is 3. The molecule has 0 bridgehead atoms. The number of ether oxygens (including phenoxy) is 1. The number of likely N-dealkylation sites (N-methyl/N-ethyl adjacent to an activating group) is 1. The molecular weight excluding hydrogens is 438 g/mol. The first-order valence-corrected chi connectivity index (χ1v) is 11.6. The highest BCUT2D eigenvalue weighted by Crippen LogP contribution is 2.09. The van der Waals surface area contributed by atoms with Crippen molar-refractivity contribution >= 4 is 23.6 Å². The van der Waals surface area contributed by atoms with Crippen molar-refractivity contribution in [3.63, 3.8) is 0 Å². The summed E-state index contributed by atoms with van der Waals surface area (Å²) in [5.74, 6) is -2.21. The molecule has 1 aromatic rings. The Hall–Kier alpha value is -2.98. The van der Waals surface area contributed by atoms with Gasteiger partial charge in [0, 0.05) is 32.6 Å². The number of carbonyl (C=O) groups excluding carboxylic acids is 4. The maximum Gasteiger partial charge on any atom is 0.318 e. The van der Waals surface area contributed by atoms with Gasteiger partial charge in [0.1, 0.15) is 12.1 Å². The third-order valence-corrected chi connectivity index (χ3v) is 5.51. The minimum atomic E-state index is -1.06. The lowest BCUT2D eigenvalue weighted by Gasteiger charge is -2.30. The molecule has 1 aromatic carbocycles. The number of morpholine rings is 1. The van der Waals surface area contributed by atoms with E-state index in [1.54, 1.807) is 4.90 Å². The summed E-state index contributed by atoms with van der Waals surface area (Å²) in [5, 5.41) is 8.10. The van der Waals surface area contributed by atoms with E-state index < -0.39 is 29.7 Å². The molecule has 0 aliphatic carbocycles. The molecule has 1 saturated heterocycles. The van der Waals surface area contributed by atoms with Crippen LogP contribution in [0.5, 0.6) is 0 Å². The highest BCUT2D eigenvalue weighted by Gasteiger charge is 2.32. The average molecular weight is 476 g/mol. The lowest BCUT2D eigenvalue weighted by Crippen LogP contribution is -2.58. The zero-order valence-corrected chi connectivity index (χ0v) is 20.5. The van der Waals surface area contributed by atoms with E-state index >= 15 is 0 Å². The van der Waals surface area contributed by atoms with Crippen LogP contribution in [0.4, 0.5) is 4.79 Å². The first-order valence-electron chi connectivity index (χ1n) is 11.6. The van der Waals surface area contributed by atoms with Gasteiger partial charge in [0.15, 0.2) is 0 Å². The number of carbonyl (C=O) groups is 4. The summed E-state index contributed by atoms with van der Waals surface area (Å²) in [6.45, 7) is 6.30. The first-order chi connectivity index (χ1) is 16.2. The predicted octanol–water partition coefficient (Wildman–Crippen LogP) is 0.0272. The highest BCUT2D eigenvalue weighted by molar-refractivity contribution is 6.38. The Morgan fingerprint density at radius 2 is 1.68 bits per heavy atom. The Balaban J connectivity index is 2.11. The van der Waals surface area contributed by atoms with Gasteiger partial charge in [-0.15, -0.1) is 0 Å². The quantitative estimate of drug-likeness (QED) is 0.389. The number of hydrogen-bond acceptors (Lipinski definition) is 6. The topological polar surface area (TPSA) is 120 Å². The van der Waals surface area contributed by atoms with Crippen LogP contribution >= 0.6 is 0 Å². The summed E-state index contributed by atoms with van der Waals surface area (Å²) in [6.07, 6.45) is 0.161. The summed E-state index contributed by atoms with van der Waals surface area (Å²) in [7, 11) is 3.73. The van der Waals surface area contributed by atoms with Crippen molar-refractivity contribution in [1.29, 1.82) is 0 Å². The van der Waals surface area contributed by atoms with E-state index in [9.17, 15) is 19.2 Å². The number of hydrogen-bond donors (Lipinski definition) is 3. The molecule has 2 atom stereocenters. The van der Waals surface area contributed by atoms with Gasteiger partial charge < -0.3 is 30.5 Å². The highest BCUT2D eigenvalue weighted by atomic mass is 16.5. The Bertz CT molecular complexity index is 824. The van der Waals surface area contributed by atoms with Crippen LogP contribution in [0.3, 0.4) is 0 Å². The standard InChI is InChI=1S/C24H37N5O5/c1-17(2)20(27-24(33)29-12-14-34-15-13-29)22(31)26-19(16-18-8-6-5-7-9-18)21(30)23(32)25-10-11-28(3)4/h5-9,17,19-20H,10-16H2,1-4H3,(H,25,32)(H,26,31)(H,27,33)/t19-,20-/m0/s1. The van der Waals surface area contributed by atoms with Gasteiger partial charge in [-0.25, -0.2) is 4.79 Å². The molecule has 0 spiro atoms. The van der Waals surface area contributed by atoms with Gasteiger partial charge in [-0.1, -0.05) is 44.2 Å². The summed E-state index contributed by atoms with van der Waals surface area (Å²) in [6, 6.07) is 6.89. The Morgan fingerprint density at radius 1 is 1.03 bits per heavy atom. The Kier molecular flexibility index (Phi) is 11.0. The van der Waals surface area contributed by atoms with Crippen molar-refractivity contribution in [2.24, 2.45) is 5.92 Å². The average Bonchev–Trinajstić information content (AvgIpc) is 2.82. The minimum absolute atomic E-state index is 0.161. The zero-order valence-electron chi connectivity index (χ0n) is 20.5. The summed E-state index contributed by atoms with van der Waals surface area (Å²) in [5.41, 5.74) is 0.806. The molecule has 10 heteroatoms. The Morgan fingerprint density at radius 3 is 2.26 bits per heavy atom. The van der Waals surface area contributed by atoms with E-state index in [-0.39, 0.29) is 18.4 Å². The minimum Gasteiger partial charge on any atom is -0.378 e. The van der Waals surface area contributed by atoms with Crippen molar-refractivity contribution < 1.29 is 23.9 Å². The van der Waals surface area contributed by atoms with Crippen LogP contribution in [0, 0.1) is 5.92 Å². The van der Waals surface area contributed by atoms with Crippen LogP contribution in [0.2, 0.25) is 0 Å². The SMILES string of the molecule is CC(C)[C@H](NC(=O)N1CCOCC1)C(=O)N[C@@H](Cc1ccccc1)C(=O)C(=O)NCCN(C)C. The van der Waals surface area contributed by atoms with Crippen molar-refractivity contribution in [3.8, 4) is 0 Å². The lowest BCUT2D eigenvalue weighted by molar-refractivity contribution is -0.140. The second-order valence-corrected chi connectivity index (χ2v) is 8.94. The Labute approximate surface area is 201 Å². The van der Waals surface area contributed by atoms with Crippen LogP contribution in [0.15, 0.2) is 30.3 Å². The molecule has 0 radical (unpaired) electrons. The normalized spacial score (nSPS) is 15.5. The van der Waals surface area contributed by atoms with Gasteiger partial charge in [0.2, 0.25) is 11.7 Å². The molecule has 0 unspecified atom stereocenters. The van der Waals surface area contributed by atoms with E-state index in [4.69, 9.17) is 4.74 Å². The molecule has 0 aromatic heterocycles. The van der Waals surface area contributed by atoms with Crippen molar-refractivity contribution in [2.45, 2.75) is 32.4 Å². The largest absolute Gasteiger partial charge is 0.378 e. The fraction of sp³-hybridized carbons (Fsp3) is 0.583. The number of nitrogens with zero attached hydrogens (tertiary/aromatic N) is 2. The zero-order chi connectivity index (χ0) is 25.1. The molecule has 0 saturated carbocycles. The van der Waals surface area contributed by atoms with Gasteiger partial charge in [-0.05, 0) is 25.6 Å². The molecule has 1 fully saturated rings. The molecule has 188 valence electrons. The van der Waals surface area contributed by atoms with Crippen molar-refractivity contribution in [1.82, 2.24) is 25.8 Å². The fourth-order valence-electron chi connectivity index (χ4n) is 3.48. The van der Waals surface area contributed by atoms with Crippen LogP contribution < -0.4 is 16.0 Å². The molecule has 2 rings (SSSR count). The summed E-state index contributed by atoms with van der Waals surface area (Å²) in [4.78, 5) is 54.8. The molecule has 10 nitrogen and oxygen atoms in total. The van der Waals surface area contributed by atoms with Gasteiger partial charge in [0.05, 0.1) is 13.2 Å². The van der Waals surface area contributed by atoms with E-state index in [0.29, 0.717) is 39.4 Å². The molecule has 4 amide bonds. The predicted molar refractivity (Wildman–Crippen MR) is 128 cm³/mol. The molecule has 1 heterocycles. The van der Waals surface area contributed by atoms with E-state index in [1.165, 1.54) is 0 Å². The lowest BCUT2D eigenvalue weighted by atomic mass is 9.99. The van der Waals surface area contributed by atoms with E-state index in [0.717, 1.165) is 5.56 Å². The molecular formula is C24H37N5O5. The van der Waals surface area contributed by atoms with Gasteiger partial charge in [-0.3, -0.25) is 14.4 Å². The van der Waals surface area contributed by atoms with E-state index in [2.05, 4.69) is 16.0 Å². The number of urea groups is 1. The number of amides is 4. The van der Waals surface area contributed by atoms with Gasteiger partial charge in [0.25, 0.3) is 5.91 Å². The van der Waals surface area contributed by atoms with Crippen molar-refractivity contribution in [2.75, 3.05) is 53.5 Å². The molecule has 34 heavy (non-hydrogen) atoms. The van der Waals surface area contributed by atoms with Crippen LogP contribution in [0.1, 0.15) is 19.4 Å². The van der Waals surface area contributed by atoms with Gasteiger partial charge >= 0.3 is 6.03 Å². The third-order valence-electron chi connectivity index (χ3n) is 5.51. The number of benzene rings is 1. The second-order valence-electron chi connectivity index (χ2n) is 8.94. The smallest absolute Gasteiger partial charge is 0.318 e. The maximum absolute atomic E-state index is 13.2. The number of Topliss-reactive ketones (excluding diaryl/α,β-unsaturated/α-hetero) is 1. The van der Waals surface area contributed by atoms with Crippen LogP contribution in [-0.4, -0.2) is 99.0 Å². The number of rotatable bonds is 11. The second kappa shape index (κ2) is 13.7. The maximum atomic E-state index is 13.2.